The Morgan fingerprint density at radius 1 is 1.58 bits per heavy atom. The predicted octanol–water partition coefficient (Wildman–Crippen LogP) is 2.29. The molecule has 2 rings (SSSR count). The van der Waals surface area contributed by atoms with Gasteiger partial charge in [-0.25, -0.2) is 0 Å². The van der Waals surface area contributed by atoms with E-state index in [0.29, 0.717) is 18.3 Å². The van der Waals surface area contributed by atoms with Crippen molar-refractivity contribution in [2.75, 3.05) is 13.7 Å². The molecule has 2 heterocycles. The van der Waals surface area contributed by atoms with Crippen LogP contribution in [0.5, 0.6) is 5.75 Å². The monoisotopic (exact) mass is 268 g/mol. The fraction of sp³-hybridized carbons (Fsp3) is 0.786. The zero-order valence-electron chi connectivity index (χ0n) is 11.8. The Kier molecular flexibility index (Phi) is 5.22. The van der Waals surface area contributed by atoms with E-state index in [1.807, 2.05) is 6.92 Å². The van der Waals surface area contributed by atoms with Crippen LogP contribution in [0, 0.1) is 0 Å². The van der Waals surface area contributed by atoms with Crippen LogP contribution in [0.3, 0.4) is 0 Å². The first-order chi connectivity index (χ1) is 9.26. The molecule has 5 nitrogen and oxygen atoms in total. The number of nitrogens with zero attached hydrogens (tertiary/aromatic N) is 2. The van der Waals surface area contributed by atoms with E-state index >= 15 is 0 Å². The fourth-order valence-corrected chi connectivity index (χ4v) is 2.64. The molecular formula is C14H24N2O3. The summed E-state index contributed by atoms with van der Waals surface area (Å²) in [4.78, 5) is 0. The van der Waals surface area contributed by atoms with Gasteiger partial charge in [0.05, 0.1) is 25.5 Å². The van der Waals surface area contributed by atoms with Gasteiger partial charge in [0.15, 0.2) is 5.75 Å². The summed E-state index contributed by atoms with van der Waals surface area (Å²) in [5, 5.41) is 14.6. The summed E-state index contributed by atoms with van der Waals surface area (Å²) in [5.74, 6) is 0.666. The lowest BCUT2D eigenvalue weighted by Gasteiger charge is -2.23. The molecule has 0 radical (unpaired) electrons. The third kappa shape index (κ3) is 3.48. The molecule has 1 aromatic heterocycles. The van der Waals surface area contributed by atoms with Crippen LogP contribution in [-0.4, -0.2) is 34.7 Å². The van der Waals surface area contributed by atoms with Gasteiger partial charge in [-0.05, 0) is 39.0 Å². The average Bonchev–Trinajstić information content (AvgIpc) is 2.89. The highest BCUT2D eigenvalue weighted by molar-refractivity contribution is 5.27. The fourth-order valence-electron chi connectivity index (χ4n) is 2.64. The van der Waals surface area contributed by atoms with E-state index in [1.54, 1.807) is 18.0 Å². The highest BCUT2D eigenvalue weighted by Crippen LogP contribution is 2.29. The van der Waals surface area contributed by atoms with Gasteiger partial charge in [0, 0.05) is 13.2 Å². The van der Waals surface area contributed by atoms with Gasteiger partial charge in [0.1, 0.15) is 5.69 Å². The second-order valence-corrected chi connectivity index (χ2v) is 5.00. The quantitative estimate of drug-likeness (QED) is 0.860. The number of rotatable bonds is 6. The van der Waals surface area contributed by atoms with Crippen molar-refractivity contribution in [3.63, 3.8) is 0 Å². The molecule has 2 unspecified atom stereocenters. The van der Waals surface area contributed by atoms with Gasteiger partial charge in [0.2, 0.25) is 0 Å². The summed E-state index contributed by atoms with van der Waals surface area (Å²) in [6.07, 6.45) is 6.50. The highest BCUT2D eigenvalue weighted by atomic mass is 16.5. The Morgan fingerprint density at radius 3 is 3.05 bits per heavy atom. The van der Waals surface area contributed by atoms with E-state index in [-0.39, 0.29) is 0 Å². The molecule has 0 spiro atoms. The van der Waals surface area contributed by atoms with E-state index in [0.717, 1.165) is 38.1 Å². The summed E-state index contributed by atoms with van der Waals surface area (Å²) >= 11 is 0. The van der Waals surface area contributed by atoms with Crippen molar-refractivity contribution < 1.29 is 14.6 Å². The molecule has 19 heavy (non-hydrogen) atoms. The van der Waals surface area contributed by atoms with E-state index in [2.05, 4.69) is 5.10 Å². The molecular weight excluding hydrogens is 244 g/mol. The second kappa shape index (κ2) is 6.91. The summed E-state index contributed by atoms with van der Waals surface area (Å²) < 4.78 is 12.8. The Balaban J connectivity index is 1.94. The van der Waals surface area contributed by atoms with Crippen LogP contribution in [0.4, 0.5) is 0 Å². The third-order valence-electron chi connectivity index (χ3n) is 3.72. The van der Waals surface area contributed by atoms with Crippen LogP contribution in [0.25, 0.3) is 0 Å². The maximum absolute atomic E-state index is 10.4. The summed E-state index contributed by atoms with van der Waals surface area (Å²) in [7, 11) is 1.61. The van der Waals surface area contributed by atoms with Gasteiger partial charge in [-0.15, -0.1) is 0 Å². The molecule has 1 N–H and O–H groups in total. The first-order valence-electron chi connectivity index (χ1n) is 7.15. The van der Waals surface area contributed by atoms with Crippen molar-refractivity contribution >= 4 is 0 Å². The summed E-state index contributed by atoms with van der Waals surface area (Å²) in [6.45, 7) is 3.60. The lowest BCUT2D eigenvalue weighted by atomic mass is 10.0. The normalized spacial score (nSPS) is 21.3. The lowest BCUT2D eigenvalue weighted by Crippen LogP contribution is -2.20. The van der Waals surface area contributed by atoms with E-state index < -0.39 is 6.10 Å². The molecule has 1 aliphatic rings. The zero-order chi connectivity index (χ0) is 13.7. The predicted molar refractivity (Wildman–Crippen MR) is 72.2 cm³/mol. The Bertz CT molecular complexity index is 365. The van der Waals surface area contributed by atoms with Gasteiger partial charge < -0.3 is 14.6 Å². The van der Waals surface area contributed by atoms with Crippen molar-refractivity contribution in [3.8, 4) is 5.75 Å². The van der Waals surface area contributed by atoms with Crippen LogP contribution >= 0.6 is 0 Å². The minimum Gasteiger partial charge on any atom is -0.493 e. The number of aliphatic hydroxyl groups excluding tert-OH is 1. The molecule has 5 heteroatoms. The summed E-state index contributed by atoms with van der Waals surface area (Å²) in [5.41, 5.74) is 0.779. The molecule has 0 aromatic carbocycles. The number of aliphatic hydroxyl groups is 1. The van der Waals surface area contributed by atoms with Crippen molar-refractivity contribution in [1.29, 1.82) is 0 Å². The molecule has 0 amide bonds. The Labute approximate surface area is 114 Å². The number of methoxy groups -OCH3 is 1. The average molecular weight is 268 g/mol. The Hall–Kier alpha value is -1.07. The molecule has 0 saturated carbocycles. The minimum absolute atomic E-state index is 0.299. The van der Waals surface area contributed by atoms with Gasteiger partial charge in [-0.1, -0.05) is 0 Å². The van der Waals surface area contributed by atoms with Crippen LogP contribution in [0.2, 0.25) is 0 Å². The van der Waals surface area contributed by atoms with Crippen LogP contribution in [-0.2, 0) is 11.3 Å². The van der Waals surface area contributed by atoms with Gasteiger partial charge in [-0.2, -0.15) is 5.10 Å². The van der Waals surface area contributed by atoms with Crippen molar-refractivity contribution in [2.45, 2.75) is 57.8 Å². The number of hydrogen-bond acceptors (Lipinski definition) is 4. The first-order valence-corrected chi connectivity index (χ1v) is 7.15. The molecule has 1 aromatic rings. The smallest absolute Gasteiger partial charge is 0.162 e. The lowest BCUT2D eigenvalue weighted by molar-refractivity contribution is 0.00138. The zero-order valence-corrected chi connectivity index (χ0v) is 11.8. The van der Waals surface area contributed by atoms with E-state index in [9.17, 15) is 5.11 Å². The molecule has 0 aliphatic carbocycles. The Morgan fingerprint density at radius 2 is 2.42 bits per heavy atom. The van der Waals surface area contributed by atoms with Crippen molar-refractivity contribution in [3.05, 3.63) is 11.9 Å². The van der Waals surface area contributed by atoms with Crippen molar-refractivity contribution in [1.82, 2.24) is 9.78 Å². The molecule has 1 saturated heterocycles. The third-order valence-corrected chi connectivity index (χ3v) is 3.72. The number of aryl methyl sites for hydroxylation is 1. The number of ether oxygens (including phenoxy) is 2. The van der Waals surface area contributed by atoms with Gasteiger partial charge >= 0.3 is 0 Å². The van der Waals surface area contributed by atoms with Crippen LogP contribution in [0.1, 0.15) is 50.8 Å². The minimum atomic E-state index is -0.539. The SMILES string of the molecule is CCn1ncc(OC)c1C(O)CCC1CCCCO1. The number of aromatic nitrogens is 2. The topological polar surface area (TPSA) is 56.5 Å². The maximum atomic E-state index is 10.4. The largest absolute Gasteiger partial charge is 0.493 e. The molecule has 1 aliphatic heterocycles. The van der Waals surface area contributed by atoms with Crippen LogP contribution in [0.15, 0.2) is 6.20 Å². The molecule has 0 bridgehead atoms. The van der Waals surface area contributed by atoms with E-state index in [4.69, 9.17) is 9.47 Å². The molecule has 108 valence electrons. The number of hydrogen-bond donors (Lipinski definition) is 1. The maximum Gasteiger partial charge on any atom is 0.162 e. The van der Waals surface area contributed by atoms with Gasteiger partial charge in [0.25, 0.3) is 0 Å². The van der Waals surface area contributed by atoms with Crippen LogP contribution < -0.4 is 4.74 Å². The standard InChI is InChI=1S/C14H24N2O3/c1-3-16-14(13(18-2)10-15-16)12(17)8-7-11-6-4-5-9-19-11/h10-12,17H,3-9H2,1-2H3. The highest BCUT2D eigenvalue weighted by Gasteiger charge is 2.22. The van der Waals surface area contributed by atoms with Gasteiger partial charge in [-0.3, -0.25) is 4.68 Å². The molecule has 1 fully saturated rings. The van der Waals surface area contributed by atoms with Crippen molar-refractivity contribution in [2.24, 2.45) is 0 Å². The second-order valence-electron chi connectivity index (χ2n) is 5.00. The molecule has 2 atom stereocenters. The first kappa shape index (κ1) is 14.3. The van der Waals surface area contributed by atoms with E-state index in [1.165, 1.54) is 6.42 Å². The summed E-state index contributed by atoms with van der Waals surface area (Å²) in [6, 6.07) is 0.